The van der Waals surface area contributed by atoms with Crippen LogP contribution < -0.4 is 5.73 Å². The van der Waals surface area contributed by atoms with Crippen LogP contribution in [0.2, 0.25) is 0 Å². The lowest BCUT2D eigenvalue weighted by molar-refractivity contribution is 1.42. The molecule has 24 valence electrons. The Hall–Kier alpha value is -0.530. The lowest BCUT2D eigenvalue weighted by Crippen LogP contribution is -2.00. The van der Waals surface area contributed by atoms with Gasteiger partial charge in [-0.15, -0.1) is 0 Å². The summed E-state index contributed by atoms with van der Waals surface area (Å²) >= 11 is 0. The van der Waals surface area contributed by atoms with Crippen LogP contribution in [-0.2, 0) is 0 Å². The maximum Gasteiger partial charge on any atom is 0.0873 e. The molecule has 2 nitrogen and oxygen atoms in total. The third-order valence-corrected chi connectivity index (χ3v) is 0. The average molecular weight is 61.1 g/mol. The first-order valence-corrected chi connectivity index (χ1v) is 0.789. The van der Waals surface area contributed by atoms with Gasteiger partial charge in [0.25, 0.3) is 0 Å². The molecule has 4 heavy (non-hydrogen) atoms. The highest BCUT2D eigenvalue weighted by molar-refractivity contribution is 5.73. The van der Waals surface area contributed by atoms with Crippen molar-refractivity contribution in [2.24, 2.45) is 5.73 Å². The van der Waals surface area contributed by atoms with Gasteiger partial charge in [-0.2, -0.15) is 0 Å². The summed E-state index contributed by atoms with van der Waals surface area (Å²) in [6.07, 6.45) is 0. The van der Waals surface area contributed by atoms with Crippen molar-refractivity contribution in [2.45, 2.75) is 6.85 Å². The van der Waals surface area contributed by atoms with Gasteiger partial charge in [-0.1, -0.05) is 0 Å². The van der Waals surface area contributed by atoms with E-state index in [4.69, 9.17) is 9.52 Å². The third kappa shape index (κ3) is 1.16. The second-order valence-electron chi connectivity index (χ2n) is 0.414. The molecular weight excluding hydrogens is 52.0 g/mol. The van der Waals surface area contributed by atoms with Crippen LogP contribution in [0, 0.1) is 5.41 Å². The van der Waals surface area contributed by atoms with Crippen molar-refractivity contribution in [1.82, 2.24) is 0 Å². The SMILES string of the molecule is [2H]C([2H])([2H])C(=N)N. The number of amidine groups is 1. The largest absolute Gasteiger partial charge is 0.388 e. The molecule has 0 aliphatic carbocycles. The van der Waals surface area contributed by atoms with Crippen LogP contribution in [0.1, 0.15) is 11.0 Å². The van der Waals surface area contributed by atoms with Gasteiger partial charge in [-0.05, 0) is 6.85 Å². The molecule has 0 saturated carbocycles. The summed E-state index contributed by atoms with van der Waals surface area (Å²) in [5.74, 6) is -0.757. The minimum Gasteiger partial charge on any atom is -0.388 e. The Morgan fingerprint density at radius 1 is 2.50 bits per heavy atom. The van der Waals surface area contributed by atoms with Crippen LogP contribution in [0.15, 0.2) is 0 Å². The summed E-state index contributed by atoms with van der Waals surface area (Å²) in [5.41, 5.74) is 4.59. The molecule has 0 unspecified atom stereocenters. The van der Waals surface area contributed by atoms with Crippen LogP contribution in [0.4, 0.5) is 0 Å². The molecule has 2 heteroatoms. The topological polar surface area (TPSA) is 49.9 Å². The fraction of sp³-hybridized carbons (Fsp3) is 0.500. The lowest BCUT2D eigenvalue weighted by Gasteiger charge is -1.66. The Morgan fingerprint density at radius 2 is 2.75 bits per heavy atom. The van der Waals surface area contributed by atoms with E-state index in [1.807, 2.05) is 0 Å². The quantitative estimate of drug-likeness (QED) is 0.299. The summed E-state index contributed by atoms with van der Waals surface area (Å²) in [7, 11) is 0. The summed E-state index contributed by atoms with van der Waals surface area (Å²) in [6, 6.07) is 0. The van der Waals surface area contributed by atoms with Crippen LogP contribution in [-0.4, -0.2) is 5.84 Å². The molecule has 0 rings (SSSR count). The smallest absolute Gasteiger partial charge is 0.0873 e. The van der Waals surface area contributed by atoms with Gasteiger partial charge in [0.15, 0.2) is 0 Å². The molecule has 0 heterocycles. The second-order valence-corrected chi connectivity index (χ2v) is 0.414. The first-order valence-electron chi connectivity index (χ1n) is 2.29. The Labute approximate surface area is 29.3 Å². The molecule has 3 N–H and O–H groups in total. The predicted octanol–water partition coefficient (Wildman–Crippen LogP) is -0.0577. The normalized spacial score (nSPS) is 20.5. The Kier molecular flexibility index (Phi) is 0.155. The molecule has 0 aliphatic rings. The van der Waals surface area contributed by atoms with E-state index in [1.165, 1.54) is 0 Å². The van der Waals surface area contributed by atoms with Gasteiger partial charge in [0, 0.05) is 4.11 Å². The number of hydrogen-bond donors (Lipinski definition) is 2. The predicted molar refractivity (Wildman–Crippen MR) is 17.6 cm³/mol. The molecule has 0 atom stereocenters. The van der Waals surface area contributed by atoms with Gasteiger partial charge in [-0.3, -0.25) is 5.41 Å². The first kappa shape index (κ1) is 0.708. The molecule has 0 bridgehead atoms. The molecule has 0 saturated heterocycles. The molecular formula is C2H6N2. The number of rotatable bonds is 0. The van der Waals surface area contributed by atoms with E-state index < -0.39 is 12.7 Å². The summed E-state index contributed by atoms with van der Waals surface area (Å²) in [4.78, 5) is 0. The van der Waals surface area contributed by atoms with Gasteiger partial charge in [0.05, 0.1) is 5.84 Å². The fourth-order valence-electron chi connectivity index (χ4n) is 0. The highest BCUT2D eigenvalue weighted by Gasteiger charge is 1.53. The van der Waals surface area contributed by atoms with Crippen molar-refractivity contribution in [3.63, 3.8) is 0 Å². The Bertz CT molecular complexity index is 83.4. The fourth-order valence-corrected chi connectivity index (χ4v) is 0. The van der Waals surface area contributed by atoms with Gasteiger partial charge in [-0.25, -0.2) is 0 Å². The molecule has 0 aliphatic heterocycles. The highest BCUT2D eigenvalue weighted by Crippen LogP contribution is 1.36. The summed E-state index contributed by atoms with van der Waals surface area (Å²) in [5, 5.41) is 6.36. The van der Waals surface area contributed by atoms with Gasteiger partial charge in [0.2, 0.25) is 0 Å². The zero-order valence-electron chi connectivity index (χ0n) is 5.08. The van der Waals surface area contributed by atoms with E-state index in [2.05, 4.69) is 5.73 Å². The zero-order valence-corrected chi connectivity index (χ0v) is 2.08. The van der Waals surface area contributed by atoms with Crippen molar-refractivity contribution in [1.29, 1.82) is 5.41 Å². The van der Waals surface area contributed by atoms with Gasteiger partial charge in [0.1, 0.15) is 0 Å². The summed E-state index contributed by atoms with van der Waals surface area (Å²) in [6.45, 7) is -2.39. The average Bonchev–Trinajstić information content (AvgIpc) is 1.31. The van der Waals surface area contributed by atoms with E-state index in [0.29, 0.717) is 0 Å². The first-order chi connectivity index (χ1) is 2.94. The Morgan fingerprint density at radius 3 is 2.75 bits per heavy atom. The van der Waals surface area contributed by atoms with Gasteiger partial charge < -0.3 is 5.73 Å². The van der Waals surface area contributed by atoms with E-state index in [0.717, 1.165) is 0 Å². The molecule has 0 aromatic heterocycles. The number of nitrogens with two attached hydrogens (primary N) is 1. The van der Waals surface area contributed by atoms with Crippen molar-refractivity contribution in [3.05, 3.63) is 0 Å². The van der Waals surface area contributed by atoms with E-state index in [-0.39, 0.29) is 0 Å². The molecule has 0 aromatic rings. The highest BCUT2D eigenvalue weighted by atomic mass is 14.7. The lowest BCUT2D eigenvalue weighted by atomic mass is 10.8. The molecule has 0 fully saturated rings. The molecule has 0 radical (unpaired) electrons. The second kappa shape index (κ2) is 0.875. The van der Waals surface area contributed by atoms with Crippen LogP contribution in [0.3, 0.4) is 0 Å². The maximum absolute atomic E-state index is 6.37. The van der Waals surface area contributed by atoms with Crippen LogP contribution in [0.25, 0.3) is 0 Å². The van der Waals surface area contributed by atoms with Crippen LogP contribution >= 0.6 is 0 Å². The molecule has 0 spiro atoms. The standard InChI is InChI=1S/C2H6N2/c1-2(3)4/h1H3,(H3,3,4)/i1D3. The van der Waals surface area contributed by atoms with Crippen molar-refractivity contribution >= 4 is 5.84 Å². The van der Waals surface area contributed by atoms with Gasteiger partial charge >= 0.3 is 0 Å². The number of nitrogens with one attached hydrogen (secondary N) is 1. The Balaban J connectivity index is 3.79. The van der Waals surface area contributed by atoms with Crippen LogP contribution in [0.5, 0.6) is 0 Å². The molecule has 0 aromatic carbocycles. The molecule has 0 amide bonds. The summed E-state index contributed by atoms with van der Waals surface area (Å²) < 4.78 is 19.1. The van der Waals surface area contributed by atoms with Crippen molar-refractivity contribution in [3.8, 4) is 0 Å². The van der Waals surface area contributed by atoms with Crippen molar-refractivity contribution in [2.75, 3.05) is 0 Å². The monoisotopic (exact) mass is 61.1 g/mol. The van der Waals surface area contributed by atoms with Crippen molar-refractivity contribution < 1.29 is 4.11 Å². The zero-order chi connectivity index (χ0) is 6.08. The van der Waals surface area contributed by atoms with E-state index >= 15 is 0 Å². The minimum atomic E-state index is -2.39. The van der Waals surface area contributed by atoms with E-state index in [9.17, 15) is 0 Å². The maximum atomic E-state index is 6.37. The number of hydrogen-bond acceptors (Lipinski definition) is 1. The third-order valence-electron chi connectivity index (χ3n) is 0. The minimum absolute atomic E-state index is 0.757. The van der Waals surface area contributed by atoms with E-state index in [1.54, 1.807) is 0 Å².